The molecule has 1 saturated heterocycles. The Bertz CT molecular complexity index is 796. The molecule has 0 N–H and O–H groups in total. The Morgan fingerprint density at radius 3 is 2.76 bits per heavy atom. The number of aromatic nitrogens is 2. The van der Waals surface area contributed by atoms with Crippen LogP contribution >= 0.6 is 0 Å². The third kappa shape index (κ3) is 3.16. The molecule has 2 aromatic heterocycles. The Balaban J connectivity index is 1.42. The van der Waals surface area contributed by atoms with Gasteiger partial charge in [-0.1, -0.05) is 0 Å². The van der Waals surface area contributed by atoms with Gasteiger partial charge in [-0.15, -0.1) is 0 Å². The largest absolute Gasteiger partial charge is 0.489 e. The van der Waals surface area contributed by atoms with E-state index < -0.39 is 0 Å². The summed E-state index contributed by atoms with van der Waals surface area (Å²) in [6.45, 7) is 6.00. The molecule has 6 nitrogen and oxygen atoms in total. The van der Waals surface area contributed by atoms with Gasteiger partial charge in [0.25, 0.3) is 0 Å². The topological polar surface area (TPSA) is 64.5 Å². The molecule has 0 saturated carbocycles. The summed E-state index contributed by atoms with van der Waals surface area (Å²) in [7, 11) is 0. The van der Waals surface area contributed by atoms with Crippen molar-refractivity contribution in [2.75, 3.05) is 18.0 Å². The normalized spacial score (nSPS) is 17.4. The summed E-state index contributed by atoms with van der Waals surface area (Å²) in [4.78, 5) is 22.9. The molecule has 2 aliphatic heterocycles. The van der Waals surface area contributed by atoms with Crippen molar-refractivity contribution in [3.05, 3.63) is 46.9 Å². The number of nitrogens with zero attached hydrogens (tertiary/aromatic N) is 3. The molecule has 4 heterocycles. The molecule has 1 fully saturated rings. The second-order valence-electron chi connectivity index (χ2n) is 6.64. The predicted octanol–water partition coefficient (Wildman–Crippen LogP) is 2.81. The van der Waals surface area contributed by atoms with E-state index in [9.17, 15) is 4.79 Å². The van der Waals surface area contributed by atoms with Crippen LogP contribution in [0.1, 0.15) is 40.2 Å². The zero-order valence-electron chi connectivity index (χ0n) is 14.5. The Hall–Kier alpha value is -2.63. The van der Waals surface area contributed by atoms with E-state index in [0.717, 1.165) is 54.4 Å². The van der Waals surface area contributed by atoms with Crippen molar-refractivity contribution in [2.24, 2.45) is 0 Å². The lowest BCUT2D eigenvalue weighted by Gasteiger charge is -2.33. The van der Waals surface area contributed by atoms with Gasteiger partial charge in [-0.3, -0.25) is 4.98 Å². The fourth-order valence-electron chi connectivity index (χ4n) is 3.36. The lowest BCUT2D eigenvalue weighted by atomic mass is 10.1. The third-order valence-electron chi connectivity index (χ3n) is 4.75. The quantitative estimate of drug-likeness (QED) is 0.801. The molecule has 0 atom stereocenters. The average molecular weight is 339 g/mol. The second kappa shape index (κ2) is 6.35. The fourth-order valence-corrected chi connectivity index (χ4v) is 3.36. The van der Waals surface area contributed by atoms with Gasteiger partial charge in [-0.05, 0) is 37.6 Å². The second-order valence-corrected chi connectivity index (χ2v) is 6.64. The number of anilines is 1. The Morgan fingerprint density at radius 2 is 2.04 bits per heavy atom. The molecule has 0 aromatic carbocycles. The number of carbonyl (C=O) groups excluding carboxylic acids is 1. The van der Waals surface area contributed by atoms with Crippen LogP contribution in [0.15, 0.2) is 24.4 Å². The van der Waals surface area contributed by atoms with Crippen LogP contribution in [0.2, 0.25) is 0 Å². The number of esters is 1. The Morgan fingerprint density at radius 1 is 1.24 bits per heavy atom. The molecule has 0 bridgehead atoms. The minimum atomic E-state index is -0.268. The van der Waals surface area contributed by atoms with Gasteiger partial charge in [0.05, 0.1) is 17.5 Å². The van der Waals surface area contributed by atoms with Gasteiger partial charge in [-0.2, -0.15) is 0 Å². The summed E-state index contributed by atoms with van der Waals surface area (Å²) in [5.41, 5.74) is 3.35. The van der Waals surface area contributed by atoms with Crippen molar-refractivity contribution in [3.8, 4) is 5.75 Å². The molecule has 130 valence electrons. The highest BCUT2D eigenvalue weighted by atomic mass is 16.5. The first kappa shape index (κ1) is 15.9. The molecular weight excluding hydrogens is 318 g/mol. The van der Waals surface area contributed by atoms with Crippen LogP contribution in [0.4, 0.5) is 5.82 Å². The van der Waals surface area contributed by atoms with Gasteiger partial charge in [0, 0.05) is 31.6 Å². The number of fused-ring (bicyclic) bond motifs is 1. The van der Waals surface area contributed by atoms with Gasteiger partial charge in [0.2, 0.25) is 0 Å². The molecule has 4 rings (SSSR count). The molecule has 0 radical (unpaired) electrons. The Kier molecular flexibility index (Phi) is 4.03. The van der Waals surface area contributed by atoms with Crippen molar-refractivity contribution in [2.45, 2.75) is 39.4 Å². The van der Waals surface area contributed by atoms with Crippen molar-refractivity contribution in [1.29, 1.82) is 0 Å². The van der Waals surface area contributed by atoms with Crippen molar-refractivity contribution < 1.29 is 14.3 Å². The summed E-state index contributed by atoms with van der Waals surface area (Å²) in [5.74, 6) is 1.51. The summed E-state index contributed by atoms with van der Waals surface area (Å²) < 4.78 is 11.1. The Labute approximate surface area is 146 Å². The van der Waals surface area contributed by atoms with Crippen molar-refractivity contribution in [1.82, 2.24) is 9.97 Å². The van der Waals surface area contributed by atoms with E-state index >= 15 is 0 Å². The zero-order chi connectivity index (χ0) is 17.4. The summed E-state index contributed by atoms with van der Waals surface area (Å²) in [5, 5.41) is 0. The van der Waals surface area contributed by atoms with E-state index in [0.29, 0.717) is 5.56 Å². The number of piperidine rings is 1. The van der Waals surface area contributed by atoms with Crippen LogP contribution in [-0.4, -0.2) is 35.1 Å². The van der Waals surface area contributed by atoms with Gasteiger partial charge >= 0.3 is 5.97 Å². The highest BCUT2D eigenvalue weighted by Crippen LogP contribution is 2.28. The number of carbonyl (C=O) groups is 1. The number of hydrogen-bond acceptors (Lipinski definition) is 6. The van der Waals surface area contributed by atoms with Crippen LogP contribution < -0.4 is 9.64 Å². The maximum atomic E-state index is 11.6. The number of cyclic esters (lactones) is 1. The maximum absolute atomic E-state index is 11.6. The number of aryl methyl sites for hydroxylation is 2. The number of pyridine rings is 2. The van der Waals surface area contributed by atoms with Gasteiger partial charge in [0.1, 0.15) is 24.3 Å². The first-order valence-corrected chi connectivity index (χ1v) is 8.62. The molecule has 25 heavy (non-hydrogen) atoms. The van der Waals surface area contributed by atoms with Gasteiger partial charge in [0.15, 0.2) is 0 Å². The molecule has 6 heteroatoms. The predicted molar refractivity (Wildman–Crippen MR) is 92.9 cm³/mol. The molecule has 0 unspecified atom stereocenters. The van der Waals surface area contributed by atoms with Gasteiger partial charge < -0.3 is 14.4 Å². The van der Waals surface area contributed by atoms with E-state index in [4.69, 9.17) is 9.47 Å². The molecule has 2 aliphatic rings. The molecule has 0 aliphatic carbocycles. The lowest BCUT2D eigenvalue weighted by molar-refractivity contribution is 0.0533. The summed E-state index contributed by atoms with van der Waals surface area (Å²) in [6.07, 6.45) is 3.84. The van der Waals surface area contributed by atoms with Crippen molar-refractivity contribution in [3.63, 3.8) is 0 Å². The first-order valence-electron chi connectivity index (χ1n) is 8.62. The van der Waals surface area contributed by atoms with Crippen LogP contribution in [-0.2, 0) is 11.3 Å². The first-order chi connectivity index (χ1) is 12.1. The van der Waals surface area contributed by atoms with E-state index in [2.05, 4.69) is 14.9 Å². The lowest BCUT2D eigenvalue weighted by Crippen LogP contribution is -2.39. The SMILES string of the molecule is Cc1ccc(OC2CCN(c3nc4c(cc3C)C(=O)OC4)CC2)cn1. The minimum absolute atomic E-state index is 0.195. The number of rotatable bonds is 3. The van der Waals surface area contributed by atoms with E-state index in [1.54, 1.807) is 6.20 Å². The van der Waals surface area contributed by atoms with Crippen LogP contribution in [0.5, 0.6) is 5.75 Å². The standard InChI is InChI=1S/C19H21N3O3/c1-12-9-16-17(11-24-19(16)23)21-18(12)22-7-5-14(6-8-22)25-15-4-3-13(2)20-10-15/h3-4,9-10,14H,5-8,11H2,1-2H3. The highest BCUT2D eigenvalue weighted by molar-refractivity contribution is 5.93. The van der Waals surface area contributed by atoms with Crippen molar-refractivity contribution >= 4 is 11.8 Å². The zero-order valence-corrected chi connectivity index (χ0v) is 14.5. The highest BCUT2D eigenvalue weighted by Gasteiger charge is 2.27. The molecule has 0 spiro atoms. The van der Waals surface area contributed by atoms with E-state index in [-0.39, 0.29) is 18.7 Å². The maximum Gasteiger partial charge on any atom is 0.340 e. The molecule has 2 aromatic rings. The number of hydrogen-bond donors (Lipinski definition) is 0. The van der Waals surface area contributed by atoms with E-state index in [1.165, 1.54) is 0 Å². The van der Waals surface area contributed by atoms with E-state index in [1.807, 2.05) is 32.0 Å². The minimum Gasteiger partial charge on any atom is -0.489 e. The van der Waals surface area contributed by atoms with Gasteiger partial charge in [-0.25, -0.2) is 9.78 Å². The van der Waals surface area contributed by atoms with Crippen LogP contribution in [0.25, 0.3) is 0 Å². The third-order valence-corrected chi connectivity index (χ3v) is 4.75. The average Bonchev–Trinajstić information content (AvgIpc) is 2.97. The summed E-state index contributed by atoms with van der Waals surface area (Å²) in [6, 6.07) is 5.83. The summed E-state index contributed by atoms with van der Waals surface area (Å²) >= 11 is 0. The van der Waals surface area contributed by atoms with Crippen LogP contribution in [0, 0.1) is 13.8 Å². The van der Waals surface area contributed by atoms with Crippen LogP contribution in [0.3, 0.4) is 0 Å². The smallest absolute Gasteiger partial charge is 0.340 e. The molecular formula is C19H21N3O3. The monoisotopic (exact) mass is 339 g/mol. The molecule has 0 amide bonds. The fraction of sp³-hybridized carbons (Fsp3) is 0.421. The number of ether oxygens (including phenoxy) is 2.